The fourth-order valence-electron chi connectivity index (χ4n) is 9.43. The zero-order valence-electron chi connectivity index (χ0n) is 40.8. The molecule has 384 valence electrons. The number of pyridine rings is 2. The fourth-order valence-corrected chi connectivity index (χ4v) is 9.43. The third-order valence-corrected chi connectivity index (χ3v) is 13.1. The second kappa shape index (κ2) is 24.0. The van der Waals surface area contributed by atoms with Crippen molar-refractivity contribution in [3.05, 3.63) is 158 Å². The summed E-state index contributed by atoms with van der Waals surface area (Å²) in [7, 11) is 0. The van der Waals surface area contributed by atoms with Gasteiger partial charge in [-0.3, -0.25) is 28.8 Å². The quantitative estimate of drug-likeness (QED) is 0.0295. The average molecular weight is 1010 g/mol. The molecule has 0 saturated carbocycles. The van der Waals surface area contributed by atoms with Crippen LogP contribution in [0.25, 0.3) is 33.4 Å². The second-order valence-corrected chi connectivity index (χ2v) is 18.1. The van der Waals surface area contributed by atoms with Gasteiger partial charge in [-0.05, 0) is 89.8 Å². The summed E-state index contributed by atoms with van der Waals surface area (Å²) in [5, 5.41) is 23.9. The highest BCUT2D eigenvalue weighted by Crippen LogP contribution is 2.44. The van der Waals surface area contributed by atoms with Gasteiger partial charge in [0.1, 0.15) is 38.3 Å². The van der Waals surface area contributed by atoms with E-state index in [1.807, 2.05) is 48.5 Å². The number of nitrogens with zero attached hydrogens (tertiary/aromatic N) is 2. The van der Waals surface area contributed by atoms with E-state index in [0.717, 1.165) is 44.3 Å². The number of aromatic nitrogens is 2. The molecule has 6 N–H and O–H groups in total. The smallest absolute Gasteiger partial charge is 0.407 e. The Morgan fingerprint density at radius 1 is 0.838 bits per heavy atom. The van der Waals surface area contributed by atoms with Crippen molar-refractivity contribution in [1.82, 2.24) is 36.1 Å². The molecule has 2 aliphatic rings. The number of hydrogen-bond acceptors (Lipinski definition) is 12. The van der Waals surface area contributed by atoms with Crippen molar-refractivity contribution in [3.8, 4) is 22.5 Å². The van der Waals surface area contributed by atoms with Crippen LogP contribution in [0, 0.1) is 12.7 Å². The number of rotatable bonds is 23. The average Bonchev–Trinajstić information content (AvgIpc) is 3.94. The van der Waals surface area contributed by atoms with Gasteiger partial charge >= 0.3 is 6.09 Å². The highest BCUT2D eigenvalue weighted by Gasteiger charge is 2.31. The first-order valence-electron chi connectivity index (χ1n) is 24.2. The molecule has 0 spiro atoms. The van der Waals surface area contributed by atoms with Crippen LogP contribution in [0.15, 0.2) is 102 Å². The number of nitrogens with one attached hydrogen (secondary N) is 5. The number of hydrogen-bond donors (Lipinski definition) is 6. The molecule has 19 heteroatoms. The van der Waals surface area contributed by atoms with E-state index in [4.69, 9.17) is 19.2 Å². The lowest BCUT2D eigenvalue weighted by molar-refractivity contribution is -0.131. The van der Waals surface area contributed by atoms with E-state index in [9.17, 15) is 43.1 Å². The largest absolute Gasteiger partial charge is 0.463 e. The van der Waals surface area contributed by atoms with Gasteiger partial charge in [-0.1, -0.05) is 78.9 Å². The van der Waals surface area contributed by atoms with E-state index >= 15 is 0 Å². The van der Waals surface area contributed by atoms with Crippen LogP contribution in [0.5, 0.6) is 0 Å². The predicted molar refractivity (Wildman–Crippen MR) is 270 cm³/mol. The maximum atomic E-state index is 14.9. The number of fused-ring (bicyclic) bond motifs is 7. The molecule has 2 unspecified atom stereocenters. The van der Waals surface area contributed by atoms with E-state index in [1.165, 1.54) is 17.6 Å². The van der Waals surface area contributed by atoms with Crippen LogP contribution in [0.1, 0.15) is 76.3 Å². The molecule has 0 fully saturated rings. The molecular weight excluding hydrogens is 954 g/mol. The Kier molecular flexibility index (Phi) is 16.8. The topological polar surface area (TPSA) is 245 Å². The first-order chi connectivity index (χ1) is 35.8. The molecule has 0 bridgehead atoms. The van der Waals surface area contributed by atoms with E-state index in [2.05, 4.69) is 26.6 Å². The molecule has 1 aliphatic heterocycles. The molecule has 1 aliphatic carbocycles. The van der Waals surface area contributed by atoms with Crippen LogP contribution in [0.2, 0.25) is 0 Å². The summed E-state index contributed by atoms with van der Waals surface area (Å²) in [6.45, 7) is 2.08. The first kappa shape index (κ1) is 52.0. The van der Waals surface area contributed by atoms with Gasteiger partial charge in [0.05, 0.1) is 48.2 Å². The summed E-state index contributed by atoms with van der Waals surface area (Å²) in [5.74, 6) is -3.11. The lowest BCUT2D eigenvalue weighted by Crippen LogP contribution is -2.52. The molecule has 74 heavy (non-hydrogen) atoms. The molecular formula is C55H56FN7O11. The number of aliphatic hydroxyl groups is 1. The molecule has 0 radical (unpaired) electrons. The minimum Gasteiger partial charge on any atom is -0.463 e. The zero-order chi connectivity index (χ0) is 52.3. The molecule has 4 aromatic carbocycles. The van der Waals surface area contributed by atoms with Crippen LogP contribution in [-0.2, 0) is 64.2 Å². The van der Waals surface area contributed by atoms with Crippen molar-refractivity contribution in [2.75, 3.05) is 39.6 Å². The van der Waals surface area contributed by atoms with E-state index in [-0.39, 0.29) is 57.5 Å². The van der Waals surface area contributed by atoms with Crippen LogP contribution in [-0.4, -0.2) is 96.5 Å². The molecule has 5 amide bonds. The van der Waals surface area contributed by atoms with Gasteiger partial charge in [0.25, 0.3) is 12.0 Å². The van der Waals surface area contributed by atoms with Crippen LogP contribution < -0.4 is 32.1 Å². The fraction of sp³-hybridized carbons (Fsp3) is 0.309. The summed E-state index contributed by atoms with van der Waals surface area (Å²) in [6, 6.07) is 28.4. The molecule has 8 rings (SSSR count). The van der Waals surface area contributed by atoms with Crippen molar-refractivity contribution >= 4 is 47.1 Å². The number of aliphatic hydroxyl groups excluding tert-OH is 1. The summed E-state index contributed by atoms with van der Waals surface area (Å²) >= 11 is 0. The van der Waals surface area contributed by atoms with Gasteiger partial charge < -0.3 is 50.5 Å². The van der Waals surface area contributed by atoms with Crippen molar-refractivity contribution < 1.29 is 52.5 Å². The Morgan fingerprint density at radius 2 is 1.51 bits per heavy atom. The molecule has 3 heterocycles. The Morgan fingerprint density at radius 3 is 2.23 bits per heavy atom. The highest BCUT2D eigenvalue weighted by atomic mass is 19.1. The van der Waals surface area contributed by atoms with E-state index in [0.29, 0.717) is 47.3 Å². The van der Waals surface area contributed by atoms with E-state index in [1.54, 1.807) is 49.4 Å². The first-order valence-corrected chi connectivity index (χ1v) is 24.2. The van der Waals surface area contributed by atoms with Gasteiger partial charge in [-0.25, -0.2) is 14.2 Å². The number of halogens is 1. The normalized spacial score (nSPS) is 12.9. The van der Waals surface area contributed by atoms with Gasteiger partial charge in [0.2, 0.25) is 23.6 Å². The number of carbonyl (C=O) groups excluding carboxylic acids is 6. The van der Waals surface area contributed by atoms with Crippen molar-refractivity contribution in [3.63, 3.8) is 0 Å². The molecule has 2 aromatic heterocycles. The van der Waals surface area contributed by atoms with Gasteiger partial charge in [0, 0.05) is 36.0 Å². The number of aryl methyl sites for hydroxylation is 2. The third kappa shape index (κ3) is 12.1. The van der Waals surface area contributed by atoms with Crippen molar-refractivity contribution in [1.29, 1.82) is 0 Å². The summed E-state index contributed by atoms with van der Waals surface area (Å²) in [5.41, 5.74) is 8.50. The highest BCUT2D eigenvalue weighted by molar-refractivity contribution is 5.93. The SMILES string of the molecule is Cc1cc2c(CCCCOCNC(=O)CNC(=O)C(Cc3ccccc3)NC(=O)CNC(=O)CNC(=O)OCC3c4ccccc4-c4ccccc43)c3c(nc2cc1F)-c1cc(C(C)O)c(COC=O)c(=O)n1C3. The van der Waals surface area contributed by atoms with Crippen LogP contribution in [0.3, 0.4) is 0 Å². The molecule has 0 saturated heterocycles. The summed E-state index contributed by atoms with van der Waals surface area (Å²) < 4.78 is 32.5. The Bertz CT molecular complexity index is 3120. The third-order valence-electron chi connectivity index (χ3n) is 13.1. The van der Waals surface area contributed by atoms with Crippen molar-refractivity contribution in [2.24, 2.45) is 0 Å². The Balaban J connectivity index is 0.774. The predicted octanol–water partition coefficient (Wildman–Crippen LogP) is 4.51. The zero-order valence-corrected chi connectivity index (χ0v) is 40.8. The van der Waals surface area contributed by atoms with Gasteiger partial charge in [-0.2, -0.15) is 0 Å². The number of alkyl carbamates (subject to hydrolysis) is 1. The number of benzene rings is 4. The van der Waals surface area contributed by atoms with E-state index < -0.39 is 72.9 Å². The van der Waals surface area contributed by atoms with Gasteiger partial charge in [-0.15, -0.1) is 0 Å². The second-order valence-electron chi connectivity index (χ2n) is 18.1. The Hall–Kier alpha value is -8.29. The minimum absolute atomic E-state index is 0.0639. The van der Waals surface area contributed by atoms with Crippen LogP contribution >= 0.6 is 0 Å². The number of carbonyl (C=O) groups is 6. The van der Waals surface area contributed by atoms with Gasteiger partial charge in [0.15, 0.2) is 0 Å². The summed E-state index contributed by atoms with van der Waals surface area (Å²) in [6.07, 6.45) is -0.0472. The lowest BCUT2D eigenvalue weighted by Gasteiger charge is -2.19. The maximum Gasteiger partial charge on any atom is 0.407 e. The molecule has 2 atom stereocenters. The molecule has 6 aromatic rings. The van der Waals surface area contributed by atoms with Crippen molar-refractivity contribution in [2.45, 2.75) is 70.7 Å². The number of unbranched alkanes of at least 4 members (excludes halogenated alkanes) is 1. The minimum atomic E-state index is -1.11. The standard InChI is InChI=1S/C55H56FN7O11/c1-32-20-41-39(42-27-63-48(52(42)62-46(41)23-45(32)56)22-40(33(2)65)44(54(63)70)28-73-31-64)18-10-11-19-72-30-60-50(67)24-58-53(69)47(21-34-12-4-3-5-13-34)61-51(68)26-57-49(66)25-59-55(71)74-29-43-37-16-8-6-14-35(37)36-15-7-9-17-38(36)43/h3-9,12-17,20,22-23,31,33,43,47,65H,10-11,18-19,21,24-30H2,1-2H3,(H,57,66)(H,58,69)(H,59,71)(H,60,67)(H,61,68). The number of ether oxygens (including phenoxy) is 3. The number of amides is 5. The van der Waals surface area contributed by atoms with Crippen LogP contribution in [0.4, 0.5) is 9.18 Å². The monoisotopic (exact) mass is 1010 g/mol. The molecule has 18 nitrogen and oxygen atoms in total. The Labute approximate surface area is 425 Å². The lowest BCUT2D eigenvalue weighted by atomic mass is 9.95. The maximum absolute atomic E-state index is 14.9. The summed E-state index contributed by atoms with van der Waals surface area (Å²) in [4.78, 5) is 93.8.